The van der Waals surface area contributed by atoms with Crippen molar-refractivity contribution in [2.45, 2.75) is 6.42 Å². The van der Waals surface area contributed by atoms with E-state index in [4.69, 9.17) is 5.26 Å². The van der Waals surface area contributed by atoms with E-state index < -0.39 is 0 Å². The highest BCUT2D eigenvalue weighted by molar-refractivity contribution is 9.09. The second-order valence-corrected chi connectivity index (χ2v) is 4.24. The number of hydrogen-bond acceptors (Lipinski definition) is 1. The summed E-state index contributed by atoms with van der Waals surface area (Å²) < 4.78 is 0. The molecular weight excluding hydrogens is 250 g/mol. The number of halogens is 1. The molecule has 0 aromatic heterocycles. The van der Waals surface area contributed by atoms with Gasteiger partial charge in [0, 0.05) is 5.33 Å². The van der Waals surface area contributed by atoms with Gasteiger partial charge < -0.3 is 0 Å². The smallest absolute Gasteiger partial charge is 0.0991 e. The van der Waals surface area contributed by atoms with Gasteiger partial charge in [-0.3, -0.25) is 0 Å². The van der Waals surface area contributed by atoms with E-state index in [1.165, 1.54) is 10.9 Å². The van der Waals surface area contributed by atoms with Crippen LogP contribution in [-0.2, 0) is 6.42 Å². The van der Waals surface area contributed by atoms with E-state index in [1.54, 1.807) is 0 Å². The van der Waals surface area contributed by atoms with E-state index in [9.17, 15) is 0 Å². The molecule has 74 valence electrons. The van der Waals surface area contributed by atoms with E-state index in [0.29, 0.717) is 0 Å². The number of aryl methyl sites for hydroxylation is 1. The SMILES string of the molecule is N#Cc1ccc2ccc(CCBr)cc2c1. The number of nitriles is 1. The summed E-state index contributed by atoms with van der Waals surface area (Å²) in [5, 5.41) is 12.1. The van der Waals surface area contributed by atoms with Crippen molar-refractivity contribution in [1.29, 1.82) is 5.26 Å². The highest BCUT2D eigenvalue weighted by Gasteiger charge is 1.97. The Balaban J connectivity index is 2.54. The topological polar surface area (TPSA) is 23.8 Å². The zero-order valence-electron chi connectivity index (χ0n) is 8.20. The summed E-state index contributed by atoms with van der Waals surface area (Å²) in [4.78, 5) is 0. The summed E-state index contributed by atoms with van der Waals surface area (Å²) in [6, 6.07) is 14.3. The van der Waals surface area contributed by atoms with E-state index in [2.05, 4.69) is 40.2 Å². The normalized spacial score (nSPS) is 10.1. The molecule has 0 N–H and O–H groups in total. The molecule has 0 amide bonds. The third-order valence-electron chi connectivity index (χ3n) is 2.42. The fourth-order valence-electron chi connectivity index (χ4n) is 1.63. The minimum Gasteiger partial charge on any atom is -0.192 e. The number of alkyl halides is 1. The molecule has 0 saturated heterocycles. The van der Waals surface area contributed by atoms with Crippen LogP contribution in [0.4, 0.5) is 0 Å². The average molecular weight is 260 g/mol. The Kier molecular flexibility index (Phi) is 3.03. The van der Waals surface area contributed by atoms with Gasteiger partial charge in [0.2, 0.25) is 0 Å². The van der Waals surface area contributed by atoms with Gasteiger partial charge in [0.15, 0.2) is 0 Å². The lowest BCUT2D eigenvalue weighted by atomic mass is 10.0. The first kappa shape index (κ1) is 10.2. The predicted molar refractivity (Wildman–Crippen MR) is 66.2 cm³/mol. The highest BCUT2D eigenvalue weighted by Crippen LogP contribution is 2.18. The minimum atomic E-state index is 0.721. The first-order valence-corrected chi connectivity index (χ1v) is 5.94. The zero-order valence-corrected chi connectivity index (χ0v) is 9.79. The molecule has 0 bridgehead atoms. The summed E-state index contributed by atoms with van der Waals surface area (Å²) in [5.74, 6) is 0. The van der Waals surface area contributed by atoms with Gasteiger partial charge in [-0.05, 0) is 34.9 Å². The average Bonchev–Trinajstić information content (AvgIpc) is 2.28. The van der Waals surface area contributed by atoms with Gasteiger partial charge in [-0.25, -0.2) is 0 Å². The van der Waals surface area contributed by atoms with Crippen molar-refractivity contribution in [1.82, 2.24) is 0 Å². The Hall–Kier alpha value is -1.33. The fourth-order valence-corrected chi connectivity index (χ4v) is 2.09. The maximum atomic E-state index is 8.81. The van der Waals surface area contributed by atoms with E-state index in [1.807, 2.05) is 18.2 Å². The molecule has 0 unspecified atom stereocenters. The lowest BCUT2D eigenvalue weighted by molar-refractivity contribution is 1.18. The van der Waals surface area contributed by atoms with E-state index in [-0.39, 0.29) is 0 Å². The van der Waals surface area contributed by atoms with Crippen molar-refractivity contribution in [3.05, 3.63) is 47.5 Å². The number of fused-ring (bicyclic) bond motifs is 1. The highest BCUT2D eigenvalue weighted by atomic mass is 79.9. The van der Waals surface area contributed by atoms with E-state index in [0.717, 1.165) is 22.7 Å². The molecule has 0 radical (unpaired) electrons. The zero-order chi connectivity index (χ0) is 10.7. The molecule has 0 atom stereocenters. The monoisotopic (exact) mass is 259 g/mol. The summed E-state index contributed by atoms with van der Waals surface area (Å²) in [6.07, 6.45) is 1.02. The van der Waals surface area contributed by atoms with Crippen LogP contribution in [0.5, 0.6) is 0 Å². The van der Waals surface area contributed by atoms with Crippen molar-refractivity contribution < 1.29 is 0 Å². The van der Waals surface area contributed by atoms with Crippen LogP contribution in [0.25, 0.3) is 10.8 Å². The molecule has 2 rings (SSSR count). The quantitative estimate of drug-likeness (QED) is 0.756. The Morgan fingerprint density at radius 2 is 1.87 bits per heavy atom. The molecule has 2 aromatic carbocycles. The van der Waals surface area contributed by atoms with Gasteiger partial charge in [0.25, 0.3) is 0 Å². The van der Waals surface area contributed by atoms with Crippen LogP contribution in [0.15, 0.2) is 36.4 Å². The molecule has 0 aliphatic rings. The van der Waals surface area contributed by atoms with Gasteiger partial charge >= 0.3 is 0 Å². The number of hydrogen-bond donors (Lipinski definition) is 0. The summed E-state index contributed by atoms with van der Waals surface area (Å²) in [7, 11) is 0. The second-order valence-electron chi connectivity index (χ2n) is 3.45. The Morgan fingerprint density at radius 3 is 2.60 bits per heavy atom. The third-order valence-corrected chi connectivity index (χ3v) is 2.81. The molecular formula is C13H10BrN. The van der Waals surface area contributed by atoms with Crippen LogP contribution in [0, 0.1) is 11.3 Å². The first-order valence-electron chi connectivity index (χ1n) is 4.82. The molecule has 2 heteroatoms. The molecule has 0 heterocycles. The molecule has 0 aliphatic carbocycles. The minimum absolute atomic E-state index is 0.721. The molecule has 1 nitrogen and oxygen atoms in total. The van der Waals surface area contributed by atoms with Crippen LogP contribution >= 0.6 is 15.9 Å². The van der Waals surface area contributed by atoms with Crippen LogP contribution < -0.4 is 0 Å². The summed E-state index contributed by atoms with van der Waals surface area (Å²) in [6.45, 7) is 0. The van der Waals surface area contributed by atoms with Crippen LogP contribution in [0.3, 0.4) is 0 Å². The largest absolute Gasteiger partial charge is 0.192 e. The number of benzene rings is 2. The predicted octanol–water partition coefficient (Wildman–Crippen LogP) is 3.65. The maximum absolute atomic E-state index is 8.81. The first-order chi connectivity index (χ1) is 7.33. The van der Waals surface area contributed by atoms with Gasteiger partial charge in [0.05, 0.1) is 11.6 Å². The lowest BCUT2D eigenvalue weighted by Gasteiger charge is -2.02. The Bertz CT molecular complexity index is 526. The van der Waals surface area contributed by atoms with Gasteiger partial charge in [0.1, 0.15) is 0 Å². The van der Waals surface area contributed by atoms with Crippen LogP contribution in [0.2, 0.25) is 0 Å². The van der Waals surface area contributed by atoms with Crippen molar-refractivity contribution in [2.75, 3.05) is 5.33 Å². The Morgan fingerprint density at radius 1 is 1.07 bits per heavy atom. The van der Waals surface area contributed by atoms with Crippen molar-refractivity contribution in [3.63, 3.8) is 0 Å². The van der Waals surface area contributed by atoms with Crippen LogP contribution in [-0.4, -0.2) is 5.33 Å². The van der Waals surface area contributed by atoms with Crippen LogP contribution in [0.1, 0.15) is 11.1 Å². The molecule has 0 aliphatic heterocycles. The summed E-state index contributed by atoms with van der Waals surface area (Å²) in [5.41, 5.74) is 2.02. The van der Waals surface area contributed by atoms with Crippen molar-refractivity contribution in [2.24, 2.45) is 0 Å². The molecule has 0 fully saturated rings. The van der Waals surface area contributed by atoms with E-state index >= 15 is 0 Å². The van der Waals surface area contributed by atoms with Gasteiger partial charge in [-0.1, -0.05) is 40.2 Å². The third kappa shape index (κ3) is 2.19. The van der Waals surface area contributed by atoms with Gasteiger partial charge in [-0.2, -0.15) is 5.26 Å². The van der Waals surface area contributed by atoms with Gasteiger partial charge in [-0.15, -0.1) is 0 Å². The molecule has 0 spiro atoms. The van der Waals surface area contributed by atoms with Crippen molar-refractivity contribution >= 4 is 26.7 Å². The standard InChI is InChI=1S/C13H10BrN/c14-6-5-10-1-3-12-4-2-11(9-15)8-13(12)7-10/h1-4,7-8H,5-6H2. The molecule has 2 aromatic rings. The second kappa shape index (κ2) is 4.46. The van der Waals surface area contributed by atoms with Crippen molar-refractivity contribution in [3.8, 4) is 6.07 Å². The fraction of sp³-hybridized carbons (Fsp3) is 0.154. The molecule has 15 heavy (non-hydrogen) atoms. The summed E-state index contributed by atoms with van der Waals surface area (Å²) >= 11 is 3.43. The molecule has 0 saturated carbocycles. The number of nitrogens with zero attached hydrogens (tertiary/aromatic N) is 1. The Labute approximate surface area is 97.5 Å². The maximum Gasteiger partial charge on any atom is 0.0991 e. The lowest BCUT2D eigenvalue weighted by Crippen LogP contribution is -1.85. The number of rotatable bonds is 2.